The van der Waals surface area contributed by atoms with Crippen LogP contribution in [0.5, 0.6) is 0 Å². The van der Waals surface area contributed by atoms with Crippen molar-refractivity contribution in [2.45, 2.75) is 0 Å². The average molecular weight is 414 g/mol. The summed E-state index contributed by atoms with van der Waals surface area (Å²) in [5.41, 5.74) is 3.55. The molecule has 31 heavy (non-hydrogen) atoms. The monoisotopic (exact) mass is 414 g/mol. The van der Waals surface area contributed by atoms with Gasteiger partial charge in [-0.1, -0.05) is 60.7 Å². The van der Waals surface area contributed by atoms with Crippen molar-refractivity contribution in [3.8, 4) is 22.5 Å². The van der Waals surface area contributed by atoms with Crippen LogP contribution in [0.4, 0.5) is 5.82 Å². The molecule has 0 unspecified atom stereocenters. The highest BCUT2D eigenvalue weighted by Crippen LogP contribution is 2.43. The Labute approximate surface area is 179 Å². The summed E-state index contributed by atoms with van der Waals surface area (Å²) < 4.78 is 6.28. The van der Waals surface area contributed by atoms with Gasteiger partial charge in [0.2, 0.25) is 5.71 Å². The Hall–Kier alpha value is -3.71. The maximum absolute atomic E-state index is 11.0. The quantitative estimate of drug-likeness (QED) is 0.532. The number of aliphatic carboxylic acids is 1. The van der Waals surface area contributed by atoms with Gasteiger partial charge in [-0.25, -0.2) is 9.97 Å². The van der Waals surface area contributed by atoms with Gasteiger partial charge in [0, 0.05) is 37.3 Å². The van der Waals surface area contributed by atoms with Gasteiger partial charge in [-0.15, -0.1) is 0 Å². The Morgan fingerprint density at radius 3 is 2.19 bits per heavy atom. The van der Waals surface area contributed by atoms with Crippen molar-refractivity contribution in [3.05, 3.63) is 67.0 Å². The molecule has 0 saturated carbocycles. The summed E-state index contributed by atoms with van der Waals surface area (Å²) in [6, 6.07) is 20.2. The van der Waals surface area contributed by atoms with E-state index in [2.05, 4.69) is 27.0 Å². The van der Waals surface area contributed by atoms with E-state index in [9.17, 15) is 4.79 Å². The zero-order valence-corrected chi connectivity index (χ0v) is 16.9. The summed E-state index contributed by atoms with van der Waals surface area (Å²) in [5, 5.41) is 9.96. The van der Waals surface area contributed by atoms with E-state index in [0.717, 1.165) is 33.7 Å². The van der Waals surface area contributed by atoms with Crippen molar-refractivity contribution in [1.29, 1.82) is 0 Å². The number of carbonyl (C=O) groups is 1. The van der Waals surface area contributed by atoms with Crippen molar-refractivity contribution < 1.29 is 14.3 Å². The third-order valence-electron chi connectivity index (χ3n) is 5.60. The molecule has 5 rings (SSSR count). The van der Waals surface area contributed by atoms with Crippen LogP contribution in [0.3, 0.4) is 0 Å². The number of furan rings is 1. The second-order valence-electron chi connectivity index (χ2n) is 7.57. The molecule has 0 aliphatic carbocycles. The fourth-order valence-corrected chi connectivity index (χ4v) is 4.14. The number of carboxylic acid groups (broad SMARTS) is 1. The van der Waals surface area contributed by atoms with Gasteiger partial charge in [0.25, 0.3) is 0 Å². The number of nitrogens with zero attached hydrogens (tertiary/aromatic N) is 4. The van der Waals surface area contributed by atoms with E-state index in [1.165, 1.54) is 6.33 Å². The second kappa shape index (κ2) is 8.20. The van der Waals surface area contributed by atoms with Gasteiger partial charge in [0.05, 0.1) is 11.9 Å². The standard InChI is InChI=1S/C24H22N4O3/c29-19(30)15-27-11-13-28(14-12-27)23-21-20(17-7-3-1-4-8-17)22(18-9-5-2-6-10-18)31-24(21)26-16-25-23/h1-10,16H,11-15H2,(H,29,30). The van der Waals surface area contributed by atoms with Gasteiger partial charge in [-0.3, -0.25) is 9.69 Å². The minimum Gasteiger partial charge on any atom is -0.480 e. The van der Waals surface area contributed by atoms with Gasteiger partial charge in [-0.05, 0) is 5.56 Å². The lowest BCUT2D eigenvalue weighted by atomic mass is 9.99. The minimum absolute atomic E-state index is 0.0617. The maximum atomic E-state index is 11.0. The van der Waals surface area contributed by atoms with Gasteiger partial charge >= 0.3 is 5.97 Å². The number of carboxylic acids is 1. The van der Waals surface area contributed by atoms with Crippen LogP contribution in [-0.4, -0.2) is 58.7 Å². The minimum atomic E-state index is -0.799. The van der Waals surface area contributed by atoms with Crippen molar-refractivity contribution in [2.24, 2.45) is 0 Å². The molecule has 156 valence electrons. The Kier molecular flexibility index (Phi) is 5.09. The van der Waals surface area contributed by atoms with Gasteiger partial charge in [0.1, 0.15) is 17.9 Å². The fourth-order valence-electron chi connectivity index (χ4n) is 4.14. The van der Waals surface area contributed by atoms with Crippen LogP contribution in [0.2, 0.25) is 0 Å². The number of piperazine rings is 1. The summed E-state index contributed by atoms with van der Waals surface area (Å²) >= 11 is 0. The Bertz CT molecular complexity index is 1200. The number of fused-ring (bicyclic) bond motifs is 1. The van der Waals surface area contributed by atoms with E-state index >= 15 is 0 Å². The molecule has 7 heteroatoms. The lowest BCUT2D eigenvalue weighted by molar-refractivity contribution is -0.138. The molecular weight excluding hydrogens is 392 g/mol. The topological polar surface area (TPSA) is 82.7 Å². The van der Waals surface area contributed by atoms with Crippen molar-refractivity contribution >= 4 is 22.9 Å². The number of hydrogen-bond acceptors (Lipinski definition) is 6. The number of aromatic nitrogens is 2. The largest absolute Gasteiger partial charge is 0.480 e. The zero-order valence-electron chi connectivity index (χ0n) is 16.9. The normalized spacial score (nSPS) is 14.8. The highest BCUT2D eigenvalue weighted by molar-refractivity contribution is 6.06. The molecule has 1 aliphatic rings. The lowest BCUT2D eigenvalue weighted by Gasteiger charge is -2.34. The van der Waals surface area contributed by atoms with Crippen LogP contribution in [0.25, 0.3) is 33.6 Å². The van der Waals surface area contributed by atoms with E-state index in [1.54, 1.807) is 0 Å². The van der Waals surface area contributed by atoms with Gasteiger partial charge in [0.15, 0.2) is 0 Å². The lowest BCUT2D eigenvalue weighted by Crippen LogP contribution is -2.48. The Balaban J connectivity index is 1.63. The first-order chi connectivity index (χ1) is 15.2. The summed E-state index contributed by atoms with van der Waals surface area (Å²) in [6.07, 6.45) is 1.54. The van der Waals surface area contributed by atoms with Gasteiger partial charge < -0.3 is 14.4 Å². The van der Waals surface area contributed by atoms with Crippen molar-refractivity contribution in [1.82, 2.24) is 14.9 Å². The number of rotatable bonds is 5. The molecule has 0 atom stereocenters. The third kappa shape index (κ3) is 3.75. The molecule has 0 radical (unpaired) electrons. The molecule has 2 aromatic carbocycles. The predicted octanol–water partition coefficient (Wildman–Crippen LogP) is 3.76. The van der Waals surface area contributed by atoms with E-state index < -0.39 is 5.97 Å². The molecule has 4 aromatic rings. The van der Waals surface area contributed by atoms with E-state index in [-0.39, 0.29) is 6.54 Å². The molecule has 7 nitrogen and oxygen atoms in total. The fraction of sp³-hybridized carbons (Fsp3) is 0.208. The summed E-state index contributed by atoms with van der Waals surface area (Å²) in [5.74, 6) is 0.796. The van der Waals surface area contributed by atoms with E-state index in [1.807, 2.05) is 53.4 Å². The van der Waals surface area contributed by atoms with Crippen molar-refractivity contribution in [2.75, 3.05) is 37.6 Å². The second-order valence-corrected chi connectivity index (χ2v) is 7.57. The molecule has 1 fully saturated rings. The Morgan fingerprint density at radius 2 is 1.55 bits per heavy atom. The first-order valence-corrected chi connectivity index (χ1v) is 10.3. The summed E-state index contributed by atoms with van der Waals surface area (Å²) in [6.45, 7) is 2.79. The molecule has 3 heterocycles. The zero-order chi connectivity index (χ0) is 21.2. The summed E-state index contributed by atoms with van der Waals surface area (Å²) in [7, 11) is 0. The first-order valence-electron chi connectivity index (χ1n) is 10.3. The number of hydrogen-bond donors (Lipinski definition) is 1. The van der Waals surface area contributed by atoms with Gasteiger partial charge in [-0.2, -0.15) is 0 Å². The predicted molar refractivity (Wildman–Crippen MR) is 119 cm³/mol. The molecule has 2 aromatic heterocycles. The Morgan fingerprint density at radius 1 is 0.903 bits per heavy atom. The molecule has 1 N–H and O–H groups in total. The van der Waals surface area contributed by atoms with Crippen molar-refractivity contribution in [3.63, 3.8) is 0 Å². The molecule has 0 spiro atoms. The SMILES string of the molecule is O=C(O)CN1CCN(c2ncnc3oc(-c4ccccc4)c(-c4ccccc4)c23)CC1. The first kappa shape index (κ1) is 19.3. The van der Waals surface area contributed by atoms with Crippen LogP contribution in [0.15, 0.2) is 71.4 Å². The van der Waals surface area contributed by atoms with Crippen LogP contribution in [0, 0.1) is 0 Å². The molecular formula is C24H22N4O3. The number of benzene rings is 2. The average Bonchev–Trinajstić information content (AvgIpc) is 3.20. The van der Waals surface area contributed by atoms with E-state index in [0.29, 0.717) is 31.9 Å². The van der Waals surface area contributed by atoms with Crippen LogP contribution in [-0.2, 0) is 4.79 Å². The third-order valence-corrected chi connectivity index (χ3v) is 5.60. The summed E-state index contributed by atoms with van der Waals surface area (Å²) in [4.78, 5) is 24.2. The number of anilines is 1. The van der Waals surface area contributed by atoms with Crippen LogP contribution < -0.4 is 4.90 Å². The smallest absolute Gasteiger partial charge is 0.317 e. The molecule has 1 aliphatic heterocycles. The van der Waals surface area contributed by atoms with E-state index in [4.69, 9.17) is 9.52 Å². The molecule has 1 saturated heterocycles. The van der Waals surface area contributed by atoms with Crippen LogP contribution in [0.1, 0.15) is 0 Å². The van der Waals surface area contributed by atoms with Crippen LogP contribution >= 0.6 is 0 Å². The molecule has 0 amide bonds. The highest BCUT2D eigenvalue weighted by Gasteiger charge is 2.26. The highest BCUT2D eigenvalue weighted by atomic mass is 16.4. The molecule has 0 bridgehead atoms. The maximum Gasteiger partial charge on any atom is 0.317 e.